The van der Waals surface area contributed by atoms with Crippen molar-refractivity contribution in [2.24, 2.45) is 0 Å². The lowest BCUT2D eigenvalue weighted by molar-refractivity contribution is 0.695. The smallest absolute Gasteiger partial charge is 0.108 e. The fourth-order valence-corrected chi connectivity index (χ4v) is 1.78. The molecule has 0 radical (unpaired) electrons. The molecule has 0 aromatic heterocycles. The van der Waals surface area contributed by atoms with Gasteiger partial charge in [-0.1, -0.05) is 18.2 Å². The van der Waals surface area contributed by atoms with Gasteiger partial charge in [0.2, 0.25) is 0 Å². The molecule has 0 saturated heterocycles. The lowest BCUT2D eigenvalue weighted by Crippen LogP contribution is -2.29. The van der Waals surface area contributed by atoms with E-state index < -0.39 is 0 Å². The Morgan fingerprint density at radius 2 is 2.17 bits per heavy atom. The van der Waals surface area contributed by atoms with Gasteiger partial charge in [-0.3, -0.25) is 0 Å². The fourth-order valence-electron chi connectivity index (χ4n) is 1.48. The Labute approximate surface area is 75.8 Å². The number of hydrogen-bond donors (Lipinski definition) is 1. The highest BCUT2D eigenvalue weighted by atomic mass is 32.1. The van der Waals surface area contributed by atoms with E-state index >= 15 is 0 Å². The molecule has 0 saturated carbocycles. The van der Waals surface area contributed by atoms with Crippen LogP contribution in [0, 0.1) is 0 Å². The molecule has 1 aliphatic carbocycles. The molecule has 0 nitrogen and oxygen atoms in total. The molecule has 0 N–H and O–H groups in total. The Morgan fingerprint density at radius 1 is 1.33 bits per heavy atom. The predicted octanol–water partition coefficient (Wildman–Crippen LogP) is 1.63. The van der Waals surface area contributed by atoms with E-state index in [0.29, 0.717) is 11.6 Å². The summed E-state index contributed by atoms with van der Waals surface area (Å²) >= 11 is 4.26. The summed E-state index contributed by atoms with van der Waals surface area (Å²) in [5, 5.41) is 1.67. The number of hydrogen-bond acceptors (Lipinski definition) is 1. The first kappa shape index (κ1) is 7.87. The minimum Gasteiger partial charge on any atom is -0.211 e. The minimum absolute atomic E-state index is 0.0107. The van der Waals surface area contributed by atoms with Crippen molar-refractivity contribution in [1.29, 1.82) is 0 Å². The van der Waals surface area contributed by atoms with Gasteiger partial charge in [-0.05, 0) is 17.7 Å². The standard InChI is InChI=1S/C10H9FS/c11-9-5-1-4-8-7(9)3-2-6-10(8)12/h2-4,6,12H,1,5H2. The van der Waals surface area contributed by atoms with Crippen molar-refractivity contribution < 1.29 is 4.39 Å². The van der Waals surface area contributed by atoms with E-state index in [4.69, 9.17) is 0 Å². The molecular formula is C10H9FS. The zero-order valence-electron chi connectivity index (χ0n) is 6.55. The van der Waals surface area contributed by atoms with E-state index in [0.717, 1.165) is 16.5 Å². The van der Waals surface area contributed by atoms with Crippen molar-refractivity contribution in [3.05, 3.63) is 28.6 Å². The summed E-state index contributed by atoms with van der Waals surface area (Å²) in [7, 11) is 0. The van der Waals surface area contributed by atoms with E-state index in [2.05, 4.69) is 12.6 Å². The van der Waals surface area contributed by atoms with Gasteiger partial charge in [0, 0.05) is 16.5 Å². The molecule has 0 atom stereocenters. The molecule has 0 bridgehead atoms. The lowest BCUT2D eigenvalue weighted by atomic mass is 10.1. The van der Waals surface area contributed by atoms with Crippen LogP contribution in [0.1, 0.15) is 12.8 Å². The second kappa shape index (κ2) is 2.94. The molecule has 1 aromatic rings. The summed E-state index contributed by atoms with van der Waals surface area (Å²) in [5.74, 6) is -0.0107. The Morgan fingerprint density at radius 3 is 2.92 bits per heavy atom. The molecule has 12 heavy (non-hydrogen) atoms. The molecule has 62 valence electrons. The third-order valence-electron chi connectivity index (χ3n) is 2.09. The zero-order valence-corrected chi connectivity index (χ0v) is 7.44. The number of thiol groups is 1. The van der Waals surface area contributed by atoms with Crippen LogP contribution in [-0.4, -0.2) is 0 Å². The van der Waals surface area contributed by atoms with Gasteiger partial charge in [-0.25, -0.2) is 4.39 Å². The summed E-state index contributed by atoms with van der Waals surface area (Å²) in [6, 6.07) is 5.52. The van der Waals surface area contributed by atoms with Gasteiger partial charge in [0.25, 0.3) is 0 Å². The molecule has 0 amide bonds. The molecule has 0 fully saturated rings. The van der Waals surface area contributed by atoms with Crippen LogP contribution in [0.4, 0.5) is 4.39 Å². The maximum absolute atomic E-state index is 13.2. The molecule has 0 unspecified atom stereocenters. The number of rotatable bonds is 0. The first-order chi connectivity index (χ1) is 5.79. The molecule has 0 spiro atoms. The van der Waals surface area contributed by atoms with Crippen LogP contribution in [-0.2, 0) is 0 Å². The Bertz CT molecular complexity index is 420. The van der Waals surface area contributed by atoms with E-state index in [1.807, 2.05) is 18.2 Å². The first-order valence-electron chi connectivity index (χ1n) is 3.96. The second-order valence-corrected chi connectivity index (χ2v) is 3.37. The van der Waals surface area contributed by atoms with Crippen LogP contribution in [0.5, 0.6) is 0 Å². The van der Waals surface area contributed by atoms with E-state index in [9.17, 15) is 4.39 Å². The van der Waals surface area contributed by atoms with E-state index in [1.54, 1.807) is 6.07 Å². The molecule has 0 aliphatic heterocycles. The predicted molar refractivity (Wildman–Crippen MR) is 51.2 cm³/mol. The van der Waals surface area contributed by atoms with Crippen molar-refractivity contribution in [3.8, 4) is 0 Å². The largest absolute Gasteiger partial charge is 0.211 e. The number of halogens is 1. The van der Waals surface area contributed by atoms with Gasteiger partial charge < -0.3 is 0 Å². The molecule has 1 aromatic carbocycles. The van der Waals surface area contributed by atoms with Crippen LogP contribution >= 0.6 is 12.6 Å². The summed E-state index contributed by atoms with van der Waals surface area (Å²) in [4.78, 5) is 0.863. The third kappa shape index (κ3) is 1.16. The quantitative estimate of drug-likeness (QED) is 0.576. The Hall–Kier alpha value is -0.760. The maximum Gasteiger partial charge on any atom is 0.108 e. The third-order valence-corrected chi connectivity index (χ3v) is 2.48. The van der Waals surface area contributed by atoms with Crippen LogP contribution in [0.3, 0.4) is 0 Å². The molecule has 2 rings (SSSR count). The van der Waals surface area contributed by atoms with Gasteiger partial charge in [0.1, 0.15) is 5.83 Å². The summed E-state index contributed by atoms with van der Waals surface area (Å²) in [6.45, 7) is 0. The molecule has 2 heteroatoms. The van der Waals surface area contributed by atoms with Crippen molar-refractivity contribution >= 4 is 24.5 Å². The molecule has 1 aliphatic rings. The average Bonchev–Trinajstić information content (AvgIpc) is 2.07. The van der Waals surface area contributed by atoms with Gasteiger partial charge in [-0.2, -0.15) is 0 Å². The van der Waals surface area contributed by atoms with Crippen LogP contribution in [0.25, 0.3) is 11.9 Å². The SMILES string of the molecule is FC1=c2cccc(S)c2=CCC1. The van der Waals surface area contributed by atoms with Crippen LogP contribution in [0.15, 0.2) is 23.1 Å². The lowest BCUT2D eigenvalue weighted by Gasteiger charge is -2.03. The maximum atomic E-state index is 13.2. The normalized spacial score (nSPS) is 15.3. The van der Waals surface area contributed by atoms with Crippen LogP contribution < -0.4 is 10.4 Å². The Kier molecular flexibility index (Phi) is 1.93. The highest BCUT2D eigenvalue weighted by Gasteiger charge is 2.03. The minimum atomic E-state index is -0.0107. The van der Waals surface area contributed by atoms with Crippen LogP contribution in [0.2, 0.25) is 0 Å². The van der Waals surface area contributed by atoms with Gasteiger partial charge in [-0.15, -0.1) is 12.6 Å². The number of benzene rings is 1. The number of fused-ring (bicyclic) bond motifs is 1. The second-order valence-electron chi connectivity index (χ2n) is 2.89. The summed E-state index contributed by atoms with van der Waals surface area (Å²) in [5.41, 5.74) is 0. The summed E-state index contributed by atoms with van der Waals surface area (Å²) < 4.78 is 13.2. The zero-order chi connectivity index (χ0) is 8.55. The Balaban J connectivity index is 2.93. The highest BCUT2D eigenvalue weighted by molar-refractivity contribution is 7.80. The van der Waals surface area contributed by atoms with E-state index in [1.165, 1.54) is 0 Å². The molecular weight excluding hydrogens is 171 g/mol. The average molecular weight is 180 g/mol. The fraction of sp³-hybridized carbons (Fsp3) is 0.200. The van der Waals surface area contributed by atoms with Gasteiger partial charge in [0.15, 0.2) is 0 Å². The van der Waals surface area contributed by atoms with Crippen molar-refractivity contribution in [2.75, 3.05) is 0 Å². The van der Waals surface area contributed by atoms with Crippen molar-refractivity contribution in [2.45, 2.75) is 17.7 Å². The van der Waals surface area contributed by atoms with Gasteiger partial charge in [0.05, 0.1) is 0 Å². The highest BCUT2D eigenvalue weighted by Crippen LogP contribution is 2.09. The molecule has 0 heterocycles. The first-order valence-corrected chi connectivity index (χ1v) is 4.40. The van der Waals surface area contributed by atoms with E-state index in [-0.39, 0.29) is 5.83 Å². The monoisotopic (exact) mass is 180 g/mol. The van der Waals surface area contributed by atoms with Crippen molar-refractivity contribution in [3.63, 3.8) is 0 Å². The summed E-state index contributed by atoms with van der Waals surface area (Å²) in [6.07, 6.45) is 3.36. The topological polar surface area (TPSA) is 0 Å². The van der Waals surface area contributed by atoms with Gasteiger partial charge >= 0.3 is 0 Å². The van der Waals surface area contributed by atoms with Crippen molar-refractivity contribution in [1.82, 2.24) is 0 Å².